The molecule has 88 valence electrons. The molecule has 5 nitrogen and oxygen atoms in total. The zero-order valence-electron chi connectivity index (χ0n) is 9.42. The maximum absolute atomic E-state index is 11.8. The molecule has 0 spiro atoms. The quantitative estimate of drug-likeness (QED) is 0.834. The van der Waals surface area contributed by atoms with Crippen LogP contribution in [0.5, 0.6) is 0 Å². The molecule has 0 aliphatic heterocycles. The molecule has 0 saturated carbocycles. The number of nitriles is 1. The Kier molecular flexibility index (Phi) is 3.21. The van der Waals surface area contributed by atoms with Gasteiger partial charge < -0.3 is 11.1 Å². The first-order valence-corrected chi connectivity index (χ1v) is 5.22. The maximum Gasteiger partial charge on any atom is 0.257 e. The number of amides is 1. The third-order valence-electron chi connectivity index (χ3n) is 2.32. The molecule has 0 radical (unpaired) electrons. The molecule has 0 unspecified atom stereocenters. The Labute approximate surface area is 104 Å². The molecule has 0 bridgehead atoms. The highest BCUT2D eigenvalue weighted by atomic mass is 16.1. The lowest BCUT2D eigenvalue weighted by molar-refractivity contribution is 0.102. The molecule has 0 aliphatic carbocycles. The van der Waals surface area contributed by atoms with E-state index in [0.717, 1.165) is 0 Å². The molecule has 0 aliphatic rings. The number of carbonyl (C=O) groups is 1. The molecule has 3 N–H and O–H groups in total. The van der Waals surface area contributed by atoms with Gasteiger partial charge in [0.1, 0.15) is 5.82 Å². The predicted molar refractivity (Wildman–Crippen MR) is 67.8 cm³/mol. The lowest BCUT2D eigenvalue weighted by Crippen LogP contribution is -2.12. The van der Waals surface area contributed by atoms with Gasteiger partial charge in [0.25, 0.3) is 5.91 Å². The summed E-state index contributed by atoms with van der Waals surface area (Å²) in [5, 5.41) is 11.4. The van der Waals surface area contributed by atoms with Crippen LogP contribution in [0, 0.1) is 11.3 Å². The van der Waals surface area contributed by atoms with E-state index < -0.39 is 0 Å². The van der Waals surface area contributed by atoms with Crippen molar-refractivity contribution in [2.24, 2.45) is 0 Å². The molecule has 0 saturated heterocycles. The minimum atomic E-state index is -0.271. The highest BCUT2D eigenvalue weighted by Crippen LogP contribution is 2.11. The van der Waals surface area contributed by atoms with Crippen molar-refractivity contribution in [2.45, 2.75) is 0 Å². The van der Waals surface area contributed by atoms with Gasteiger partial charge in [-0.3, -0.25) is 4.79 Å². The van der Waals surface area contributed by atoms with Crippen LogP contribution < -0.4 is 11.1 Å². The molecule has 1 aromatic heterocycles. The number of benzene rings is 1. The summed E-state index contributed by atoms with van der Waals surface area (Å²) < 4.78 is 0. The molecular weight excluding hydrogens is 228 g/mol. The van der Waals surface area contributed by atoms with E-state index in [0.29, 0.717) is 22.6 Å². The van der Waals surface area contributed by atoms with Crippen molar-refractivity contribution < 1.29 is 4.79 Å². The third kappa shape index (κ3) is 2.62. The van der Waals surface area contributed by atoms with Gasteiger partial charge in [0.15, 0.2) is 0 Å². The Morgan fingerprint density at radius 2 is 1.94 bits per heavy atom. The van der Waals surface area contributed by atoms with Crippen molar-refractivity contribution in [1.82, 2.24) is 4.98 Å². The molecule has 5 heteroatoms. The Morgan fingerprint density at radius 1 is 1.22 bits per heavy atom. The Balaban J connectivity index is 2.11. The van der Waals surface area contributed by atoms with Crippen LogP contribution in [0.1, 0.15) is 15.9 Å². The van der Waals surface area contributed by atoms with Crippen LogP contribution in [0.4, 0.5) is 11.5 Å². The fourth-order valence-electron chi connectivity index (χ4n) is 1.37. The van der Waals surface area contributed by atoms with Crippen molar-refractivity contribution in [3.63, 3.8) is 0 Å². The molecule has 2 rings (SSSR count). The molecular formula is C13H10N4O. The van der Waals surface area contributed by atoms with Gasteiger partial charge in [-0.1, -0.05) is 0 Å². The third-order valence-corrected chi connectivity index (χ3v) is 2.32. The van der Waals surface area contributed by atoms with Gasteiger partial charge in [-0.25, -0.2) is 4.98 Å². The van der Waals surface area contributed by atoms with Gasteiger partial charge >= 0.3 is 0 Å². The Bertz CT molecular complexity index is 596. The van der Waals surface area contributed by atoms with Crippen molar-refractivity contribution in [2.75, 3.05) is 11.1 Å². The molecule has 18 heavy (non-hydrogen) atoms. The first-order chi connectivity index (χ1) is 8.69. The van der Waals surface area contributed by atoms with Gasteiger partial charge in [-0.2, -0.15) is 5.26 Å². The van der Waals surface area contributed by atoms with E-state index in [1.54, 1.807) is 36.4 Å². The monoisotopic (exact) mass is 238 g/mol. The first-order valence-electron chi connectivity index (χ1n) is 5.22. The number of carbonyl (C=O) groups excluding carboxylic acids is 1. The zero-order chi connectivity index (χ0) is 13.0. The van der Waals surface area contributed by atoms with E-state index in [9.17, 15) is 4.79 Å². The molecule has 1 heterocycles. The minimum Gasteiger partial charge on any atom is -0.384 e. The second-order valence-corrected chi connectivity index (χ2v) is 3.62. The maximum atomic E-state index is 11.8. The predicted octanol–water partition coefficient (Wildman–Crippen LogP) is 1.79. The van der Waals surface area contributed by atoms with Gasteiger partial charge in [0, 0.05) is 11.9 Å². The summed E-state index contributed by atoms with van der Waals surface area (Å²) >= 11 is 0. The van der Waals surface area contributed by atoms with Gasteiger partial charge in [-0.15, -0.1) is 0 Å². The summed E-state index contributed by atoms with van der Waals surface area (Å²) in [6.45, 7) is 0. The average molecular weight is 238 g/mol. The van der Waals surface area contributed by atoms with Crippen molar-refractivity contribution >= 4 is 17.4 Å². The summed E-state index contributed by atoms with van der Waals surface area (Å²) in [6, 6.07) is 11.8. The minimum absolute atomic E-state index is 0.271. The molecule has 1 aromatic carbocycles. The number of nitrogens with zero attached hydrogens (tertiary/aromatic N) is 2. The topological polar surface area (TPSA) is 91.8 Å². The van der Waals surface area contributed by atoms with E-state index in [1.807, 2.05) is 6.07 Å². The van der Waals surface area contributed by atoms with Crippen LogP contribution in [-0.4, -0.2) is 10.9 Å². The van der Waals surface area contributed by atoms with E-state index in [1.165, 1.54) is 6.20 Å². The number of pyridine rings is 1. The summed E-state index contributed by atoms with van der Waals surface area (Å²) in [6.07, 6.45) is 1.41. The van der Waals surface area contributed by atoms with Gasteiger partial charge in [-0.05, 0) is 36.4 Å². The smallest absolute Gasteiger partial charge is 0.257 e. The lowest BCUT2D eigenvalue weighted by atomic mass is 10.2. The summed E-state index contributed by atoms with van der Waals surface area (Å²) in [5.41, 5.74) is 7.03. The standard InChI is InChI=1S/C13H10N4O/c14-7-9-1-4-11(5-2-9)17-13(18)10-3-6-12(15)16-8-10/h1-6,8H,(H2,15,16)(H,17,18). The van der Waals surface area contributed by atoms with Crippen LogP contribution in [0.2, 0.25) is 0 Å². The van der Waals surface area contributed by atoms with E-state index in [-0.39, 0.29) is 5.91 Å². The number of hydrogen-bond donors (Lipinski definition) is 2. The van der Waals surface area contributed by atoms with E-state index >= 15 is 0 Å². The van der Waals surface area contributed by atoms with E-state index in [4.69, 9.17) is 11.0 Å². The van der Waals surface area contributed by atoms with Crippen LogP contribution >= 0.6 is 0 Å². The number of aromatic nitrogens is 1. The van der Waals surface area contributed by atoms with Crippen LogP contribution in [0.3, 0.4) is 0 Å². The van der Waals surface area contributed by atoms with Gasteiger partial charge in [0.05, 0.1) is 17.2 Å². The summed E-state index contributed by atoms with van der Waals surface area (Å²) in [7, 11) is 0. The average Bonchev–Trinajstić information content (AvgIpc) is 2.40. The lowest BCUT2D eigenvalue weighted by Gasteiger charge is -2.04. The molecule has 1 amide bonds. The molecule has 2 aromatic rings. The van der Waals surface area contributed by atoms with Crippen molar-refractivity contribution in [1.29, 1.82) is 5.26 Å². The number of nitrogens with one attached hydrogen (secondary N) is 1. The Hall–Kier alpha value is -2.87. The molecule has 0 atom stereocenters. The number of nitrogens with two attached hydrogens (primary N) is 1. The number of hydrogen-bond acceptors (Lipinski definition) is 4. The largest absolute Gasteiger partial charge is 0.384 e. The highest BCUT2D eigenvalue weighted by molar-refractivity contribution is 6.04. The normalized spacial score (nSPS) is 9.50. The fourth-order valence-corrected chi connectivity index (χ4v) is 1.37. The summed E-state index contributed by atoms with van der Waals surface area (Å²) in [4.78, 5) is 15.7. The second-order valence-electron chi connectivity index (χ2n) is 3.62. The van der Waals surface area contributed by atoms with E-state index in [2.05, 4.69) is 10.3 Å². The van der Waals surface area contributed by atoms with Crippen molar-refractivity contribution in [3.05, 3.63) is 53.7 Å². The fraction of sp³-hybridized carbons (Fsp3) is 0. The SMILES string of the molecule is N#Cc1ccc(NC(=O)c2ccc(N)nc2)cc1. The van der Waals surface area contributed by atoms with Crippen LogP contribution in [0.15, 0.2) is 42.6 Å². The second kappa shape index (κ2) is 4.97. The van der Waals surface area contributed by atoms with Crippen molar-refractivity contribution in [3.8, 4) is 6.07 Å². The number of anilines is 2. The highest BCUT2D eigenvalue weighted by Gasteiger charge is 2.06. The van der Waals surface area contributed by atoms with Crippen LogP contribution in [0.25, 0.3) is 0 Å². The Morgan fingerprint density at radius 3 is 2.50 bits per heavy atom. The van der Waals surface area contributed by atoms with Crippen LogP contribution in [-0.2, 0) is 0 Å². The van der Waals surface area contributed by atoms with Gasteiger partial charge in [0.2, 0.25) is 0 Å². The number of rotatable bonds is 2. The zero-order valence-corrected chi connectivity index (χ0v) is 9.42. The number of nitrogen functional groups attached to an aromatic ring is 1. The first kappa shape index (κ1) is 11.6. The molecule has 0 fully saturated rings. The summed E-state index contributed by atoms with van der Waals surface area (Å²) in [5.74, 6) is 0.0946.